The van der Waals surface area contributed by atoms with E-state index in [1.807, 2.05) is 12.1 Å². The predicted octanol–water partition coefficient (Wildman–Crippen LogP) is 4.76. The topological polar surface area (TPSA) is 6.48 Å². The van der Waals surface area contributed by atoms with Crippen LogP contribution in [0.4, 0.5) is 10.1 Å². The van der Waals surface area contributed by atoms with Crippen LogP contribution in [0, 0.1) is 12.7 Å². The van der Waals surface area contributed by atoms with Crippen LogP contribution in [0.5, 0.6) is 0 Å². The molecule has 1 saturated heterocycles. The molecule has 1 fully saturated rings. The fourth-order valence-corrected chi connectivity index (χ4v) is 3.35. The number of rotatable bonds is 3. The van der Waals surface area contributed by atoms with E-state index < -0.39 is 0 Å². The molecule has 0 saturated carbocycles. The molecular weight excluding hydrogens is 334 g/mol. The number of piperazine rings is 1. The van der Waals surface area contributed by atoms with Gasteiger partial charge in [-0.3, -0.25) is 4.90 Å². The molecule has 122 valence electrons. The second-order valence-corrected chi connectivity index (χ2v) is 6.77. The first-order valence-electron chi connectivity index (χ1n) is 7.70. The molecule has 0 atom stereocenters. The van der Waals surface area contributed by atoms with Crippen molar-refractivity contribution < 1.29 is 4.39 Å². The summed E-state index contributed by atoms with van der Waals surface area (Å²) in [5.41, 5.74) is 3.42. The van der Waals surface area contributed by atoms with Crippen molar-refractivity contribution in [2.75, 3.05) is 31.1 Å². The number of hydrogen-bond donors (Lipinski definition) is 0. The fourth-order valence-electron chi connectivity index (χ4n) is 2.96. The van der Waals surface area contributed by atoms with Crippen molar-refractivity contribution in [2.45, 2.75) is 13.5 Å². The Kier molecular flexibility index (Phi) is 5.10. The summed E-state index contributed by atoms with van der Waals surface area (Å²) in [7, 11) is 0. The van der Waals surface area contributed by atoms with E-state index in [1.165, 1.54) is 23.4 Å². The zero-order chi connectivity index (χ0) is 16.4. The van der Waals surface area contributed by atoms with E-state index in [4.69, 9.17) is 23.2 Å². The first kappa shape index (κ1) is 16.6. The number of nitrogens with zero attached hydrogens (tertiary/aromatic N) is 2. The van der Waals surface area contributed by atoms with Crippen LogP contribution in [0.3, 0.4) is 0 Å². The van der Waals surface area contributed by atoms with Crippen molar-refractivity contribution in [3.8, 4) is 0 Å². The van der Waals surface area contributed by atoms with E-state index in [0.717, 1.165) is 43.3 Å². The molecule has 2 aromatic carbocycles. The van der Waals surface area contributed by atoms with Crippen LogP contribution in [-0.4, -0.2) is 31.1 Å². The van der Waals surface area contributed by atoms with Gasteiger partial charge in [0, 0.05) is 48.5 Å². The maximum atomic E-state index is 13.1. The third-order valence-corrected chi connectivity index (χ3v) is 4.88. The molecule has 0 N–H and O–H groups in total. The summed E-state index contributed by atoms with van der Waals surface area (Å²) in [6, 6.07) is 10.6. The third-order valence-electron chi connectivity index (χ3n) is 4.29. The van der Waals surface area contributed by atoms with Crippen molar-refractivity contribution in [2.24, 2.45) is 0 Å². The Morgan fingerprint density at radius 2 is 1.74 bits per heavy atom. The van der Waals surface area contributed by atoms with Gasteiger partial charge in [-0.15, -0.1) is 0 Å². The van der Waals surface area contributed by atoms with E-state index >= 15 is 0 Å². The van der Waals surface area contributed by atoms with Crippen LogP contribution in [0.25, 0.3) is 0 Å². The minimum Gasteiger partial charge on any atom is -0.369 e. The van der Waals surface area contributed by atoms with Gasteiger partial charge in [0.2, 0.25) is 0 Å². The van der Waals surface area contributed by atoms with Gasteiger partial charge in [0.15, 0.2) is 0 Å². The predicted molar refractivity (Wildman–Crippen MR) is 95.1 cm³/mol. The van der Waals surface area contributed by atoms with Gasteiger partial charge >= 0.3 is 0 Å². The number of anilines is 1. The first-order valence-corrected chi connectivity index (χ1v) is 8.46. The van der Waals surface area contributed by atoms with E-state index in [0.29, 0.717) is 5.02 Å². The first-order chi connectivity index (χ1) is 11.0. The molecule has 0 aromatic heterocycles. The van der Waals surface area contributed by atoms with Gasteiger partial charge in [-0.2, -0.15) is 0 Å². The smallest absolute Gasteiger partial charge is 0.124 e. The highest BCUT2D eigenvalue weighted by Crippen LogP contribution is 2.26. The molecule has 2 nitrogen and oxygen atoms in total. The molecule has 0 spiro atoms. The Labute approximate surface area is 146 Å². The molecule has 1 aliphatic rings. The minimum atomic E-state index is -0.292. The summed E-state index contributed by atoms with van der Waals surface area (Å²) in [4.78, 5) is 4.71. The van der Waals surface area contributed by atoms with Crippen molar-refractivity contribution >= 4 is 28.9 Å². The van der Waals surface area contributed by atoms with Crippen LogP contribution in [-0.2, 0) is 6.54 Å². The Bertz CT molecular complexity index is 697. The van der Waals surface area contributed by atoms with E-state index in [9.17, 15) is 4.39 Å². The van der Waals surface area contributed by atoms with Gasteiger partial charge < -0.3 is 4.90 Å². The van der Waals surface area contributed by atoms with Crippen LogP contribution < -0.4 is 4.90 Å². The Hall–Kier alpha value is -1.29. The zero-order valence-electron chi connectivity index (χ0n) is 13.0. The molecule has 0 bridgehead atoms. The molecule has 23 heavy (non-hydrogen) atoms. The summed E-state index contributed by atoms with van der Waals surface area (Å²) >= 11 is 12.2. The lowest BCUT2D eigenvalue weighted by Gasteiger charge is -2.37. The van der Waals surface area contributed by atoms with Crippen LogP contribution in [0.15, 0.2) is 36.4 Å². The molecule has 2 aromatic rings. The van der Waals surface area contributed by atoms with Crippen LogP contribution >= 0.6 is 23.2 Å². The fraction of sp³-hybridized carbons (Fsp3) is 0.333. The average molecular weight is 353 g/mol. The summed E-state index contributed by atoms with van der Waals surface area (Å²) in [6.07, 6.45) is 0. The molecule has 1 aliphatic heterocycles. The standard InChI is InChI=1S/C18H19Cl2FN2/c1-13-2-4-15(19)10-18(13)23-8-6-22(7-9-23)12-14-3-5-16(21)11-17(14)20/h2-5,10-11H,6-9,12H2,1H3. The largest absolute Gasteiger partial charge is 0.369 e. The normalized spacial score (nSPS) is 15.9. The zero-order valence-corrected chi connectivity index (χ0v) is 14.5. The molecule has 0 unspecified atom stereocenters. The quantitative estimate of drug-likeness (QED) is 0.785. The Balaban J connectivity index is 1.63. The van der Waals surface area contributed by atoms with Crippen molar-refractivity contribution in [3.05, 3.63) is 63.4 Å². The Morgan fingerprint density at radius 1 is 1.00 bits per heavy atom. The van der Waals surface area contributed by atoms with Gasteiger partial charge in [-0.1, -0.05) is 35.3 Å². The van der Waals surface area contributed by atoms with E-state index in [-0.39, 0.29) is 5.82 Å². The summed E-state index contributed by atoms with van der Waals surface area (Å²) < 4.78 is 13.1. The second kappa shape index (κ2) is 7.08. The molecular formula is C18H19Cl2FN2. The molecule has 0 radical (unpaired) electrons. The van der Waals surface area contributed by atoms with E-state index in [1.54, 1.807) is 6.07 Å². The number of benzene rings is 2. The summed E-state index contributed by atoms with van der Waals surface area (Å²) in [5, 5.41) is 1.27. The number of hydrogen-bond acceptors (Lipinski definition) is 2. The lowest BCUT2D eigenvalue weighted by Crippen LogP contribution is -2.46. The van der Waals surface area contributed by atoms with E-state index in [2.05, 4.69) is 22.8 Å². The van der Waals surface area contributed by atoms with Crippen molar-refractivity contribution in [1.29, 1.82) is 0 Å². The van der Waals surface area contributed by atoms with Gasteiger partial charge in [0.05, 0.1) is 0 Å². The highest BCUT2D eigenvalue weighted by atomic mass is 35.5. The number of aryl methyl sites for hydroxylation is 1. The summed E-state index contributed by atoms with van der Waals surface area (Å²) in [5.74, 6) is -0.292. The second-order valence-electron chi connectivity index (χ2n) is 5.93. The number of halogens is 3. The van der Waals surface area contributed by atoms with Crippen LogP contribution in [0.1, 0.15) is 11.1 Å². The van der Waals surface area contributed by atoms with Crippen molar-refractivity contribution in [3.63, 3.8) is 0 Å². The van der Waals surface area contributed by atoms with Gasteiger partial charge in [0.25, 0.3) is 0 Å². The molecule has 3 rings (SSSR count). The SMILES string of the molecule is Cc1ccc(Cl)cc1N1CCN(Cc2ccc(F)cc2Cl)CC1. The molecule has 5 heteroatoms. The third kappa shape index (κ3) is 3.97. The van der Waals surface area contributed by atoms with Crippen LogP contribution in [0.2, 0.25) is 10.0 Å². The Morgan fingerprint density at radius 3 is 2.43 bits per heavy atom. The lowest BCUT2D eigenvalue weighted by atomic mass is 10.1. The summed E-state index contributed by atoms with van der Waals surface area (Å²) in [6.45, 7) is 6.64. The minimum absolute atomic E-state index is 0.292. The molecule has 0 amide bonds. The maximum Gasteiger partial charge on any atom is 0.124 e. The van der Waals surface area contributed by atoms with Crippen molar-refractivity contribution in [1.82, 2.24) is 4.90 Å². The highest BCUT2D eigenvalue weighted by Gasteiger charge is 2.19. The molecule has 0 aliphatic carbocycles. The molecule has 1 heterocycles. The maximum absolute atomic E-state index is 13.1. The van der Waals surface area contributed by atoms with Gasteiger partial charge in [0.1, 0.15) is 5.82 Å². The average Bonchev–Trinajstić information content (AvgIpc) is 2.53. The van der Waals surface area contributed by atoms with Gasteiger partial charge in [-0.25, -0.2) is 4.39 Å². The highest BCUT2D eigenvalue weighted by molar-refractivity contribution is 6.31. The lowest BCUT2D eigenvalue weighted by molar-refractivity contribution is 0.250. The van der Waals surface area contributed by atoms with Gasteiger partial charge in [-0.05, 0) is 42.3 Å². The monoisotopic (exact) mass is 352 g/mol.